The summed E-state index contributed by atoms with van der Waals surface area (Å²) in [7, 11) is 0. The number of carbonyl (C=O) groups is 1. The molecule has 30 heavy (non-hydrogen) atoms. The molecule has 1 amide bonds. The van der Waals surface area contributed by atoms with Crippen molar-refractivity contribution >= 4 is 29.1 Å². The first-order valence-corrected chi connectivity index (χ1v) is 10.5. The van der Waals surface area contributed by atoms with Crippen LogP contribution in [0.15, 0.2) is 100 Å². The number of rotatable bonds is 7. The summed E-state index contributed by atoms with van der Waals surface area (Å²) in [4.78, 5) is 14.4. The molecule has 1 fully saturated rings. The van der Waals surface area contributed by atoms with E-state index in [0.717, 1.165) is 16.9 Å². The summed E-state index contributed by atoms with van der Waals surface area (Å²) in [5.74, 6) is 1.40. The smallest absolute Gasteiger partial charge is 0.242 e. The zero-order chi connectivity index (χ0) is 20.8. The zero-order valence-corrected chi connectivity index (χ0v) is 17.2. The van der Waals surface area contributed by atoms with Crippen LogP contribution in [0.4, 0.5) is 0 Å². The van der Waals surface area contributed by atoms with Crippen LogP contribution in [0.2, 0.25) is 0 Å². The molecule has 1 saturated heterocycles. The van der Waals surface area contributed by atoms with Gasteiger partial charge in [0.1, 0.15) is 11.5 Å². The van der Waals surface area contributed by atoms with Gasteiger partial charge in [0.05, 0.1) is 11.5 Å². The third kappa shape index (κ3) is 4.60. The summed E-state index contributed by atoms with van der Waals surface area (Å²) in [5.41, 5.74) is 2.12. The summed E-state index contributed by atoms with van der Waals surface area (Å²) in [6.45, 7) is 4.16. The molecule has 150 valence electrons. The van der Waals surface area contributed by atoms with Crippen LogP contribution in [0, 0.1) is 0 Å². The topological polar surface area (TPSA) is 58.2 Å². The third-order valence-corrected chi connectivity index (χ3v) is 5.77. The molecule has 2 aromatic carbocycles. The highest BCUT2D eigenvalue weighted by Gasteiger charge is 2.37. The van der Waals surface area contributed by atoms with E-state index >= 15 is 0 Å². The highest BCUT2D eigenvalue weighted by Crippen LogP contribution is 2.30. The van der Waals surface area contributed by atoms with Crippen molar-refractivity contribution in [3.05, 3.63) is 96.8 Å². The van der Waals surface area contributed by atoms with Gasteiger partial charge in [-0.05, 0) is 24.1 Å². The molecule has 1 atom stereocenters. The van der Waals surface area contributed by atoms with Crippen LogP contribution in [0.3, 0.4) is 0 Å². The van der Waals surface area contributed by atoms with Gasteiger partial charge in [-0.15, -0.1) is 11.7 Å². The van der Waals surface area contributed by atoms with Crippen molar-refractivity contribution in [3.63, 3.8) is 0 Å². The molecule has 0 N–H and O–H groups in total. The Hall–Kier alpha value is -3.38. The molecule has 0 radical (unpaired) electrons. The number of furan rings is 1. The molecule has 6 heteroatoms. The van der Waals surface area contributed by atoms with Gasteiger partial charge in [0.25, 0.3) is 0 Å². The van der Waals surface area contributed by atoms with Crippen molar-refractivity contribution in [2.24, 2.45) is 10.2 Å². The second-order valence-corrected chi connectivity index (χ2v) is 7.90. The lowest BCUT2D eigenvalue weighted by Gasteiger charge is -2.12. The Morgan fingerprint density at radius 3 is 2.50 bits per heavy atom. The monoisotopic (exact) mass is 415 g/mol. The zero-order valence-electron chi connectivity index (χ0n) is 16.3. The Bertz CT molecular complexity index is 1070. The van der Waals surface area contributed by atoms with Crippen LogP contribution in [0.1, 0.15) is 11.3 Å². The Kier molecular flexibility index (Phi) is 6.25. The van der Waals surface area contributed by atoms with E-state index in [1.54, 1.807) is 17.2 Å². The van der Waals surface area contributed by atoms with Crippen LogP contribution in [0.25, 0.3) is 11.3 Å². The number of nitrogens with zero attached hydrogens (tertiary/aromatic N) is 3. The van der Waals surface area contributed by atoms with Crippen molar-refractivity contribution in [2.45, 2.75) is 11.7 Å². The average Bonchev–Trinajstić information content (AvgIpc) is 3.36. The van der Waals surface area contributed by atoms with Crippen molar-refractivity contribution in [2.75, 3.05) is 6.54 Å². The quantitative estimate of drug-likeness (QED) is 0.310. The van der Waals surface area contributed by atoms with Gasteiger partial charge in [-0.3, -0.25) is 9.69 Å². The van der Waals surface area contributed by atoms with E-state index in [4.69, 9.17) is 4.42 Å². The largest absolute Gasteiger partial charge is 0.455 e. The second-order valence-electron chi connectivity index (χ2n) is 6.73. The number of hydrogen-bond donors (Lipinski definition) is 0. The van der Waals surface area contributed by atoms with Gasteiger partial charge in [0.2, 0.25) is 5.91 Å². The van der Waals surface area contributed by atoms with E-state index in [2.05, 4.69) is 16.8 Å². The molecule has 1 aliphatic rings. The predicted molar refractivity (Wildman–Crippen MR) is 123 cm³/mol. The van der Waals surface area contributed by atoms with E-state index in [0.29, 0.717) is 23.9 Å². The standard InChI is InChI=1S/C24H21N3O2S/c1-2-15-27-23(28)22(16-18-9-5-3-6-10-18)30-24(27)26-25-17-20-13-14-21(29-20)19-11-7-4-8-12-19/h2-14,17,22H,1,15-16H2/b25-17-,26-24-/t22-/m0/s1. The molecule has 0 bridgehead atoms. The van der Waals surface area contributed by atoms with Gasteiger partial charge >= 0.3 is 0 Å². The maximum atomic E-state index is 12.8. The van der Waals surface area contributed by atoms with Crippen LogP contribution in [0.5, 0.6) is 0 Å². The highest BCUT2D eigenvalue weighted by atomic mass is 32.2. The number of hydrogen-bond acceptors (Lipinski definition) is 5. The molecular weight excluding hydrogens is 394 g/mol. The lowest BCUT2D eigenvalue weighted by Crippen LogP contribution is -2.32. The average molecular weight is 416 g/mol. The Morgan fingerprint density at radius 2 is 1.77 bits per heavy atom. The summed E-state index contributed by atoms with van der Waals surface area (Å²) in [6.07, 6.45) is 3.90. The molecule has 5 nitrogen and oxygen atoms in total. The molecule has 3 aromatic rings. The maximum Gasteiger partial charge on any atom is 0.242 e. The van der Waals surface area contributed by atoms with E-state index < -0.39 is 0 Å². The fourth-order valence-electron chi connectivity index (χ4n) is 3.16. The van der Waals surface area contributed by atoms with E-state index in [1.165, 1.54) is 11.8 Å². The molecule has 0 unspecified atom stereocenters. The number of thioether (sulfide) groups is 1. The van der Waals surface area contributed by atoms with Crippen molar-refractivity contribution in [3.8, 4) is 11.3 Å². The minimum atomic E-state index is -0.213. The van der Waals surface area contributed by atoms with Crippen LogP contribution in [-0.2, 0) is 11.2 Å². The third-order valence-electron chi connectivity index (χ3n) is 4.61. The van der Waals surface area contributed by atoms with Gasteiger partial charge in [-0.25, -0.2) is 0 Å². The van der Waals surface area contributed by atoms with Gasteiger partial charge in [-0.2, -0.15) is 5.10 Å². The van der Waals surface area contributed by atoms with E-state index in [9.17, 15) is 4.79 Å². The molecular formula is C24H21N3O2S. The second kappa shape index (κ2) is 9.41. The normalized spacial score (nSPS) is 17.9. The number of amides is 1. The fraction of sp³-hybridized carbons (Fsp3) is 0.125. The number of carbonyl (C=O) groups excluding carboxylic acids is 1. The van der Waals surface area contributed by atoms with Gasteiger partial charge in [0, 0.05) is 12.1 Å². The number of amidine groups is 1. The highest BCUT2D eigenvalue weighted by molar-refractivity contribution is 8.15. The van der Waals surface area contributed by atoms with E-state index in [1.807, 2.05) is 72.8 Å². The molecule has 1 aliphatic heterocycles. The molecule has 0 saturated carbocycles. The van der Waals surface area contributed by atoms with Crippen molar-refractivity contribution < 1.29 is 9.21 Å². The van der Waals surface area contributed by atoms with Crippen LogP contribution >= 0.6 is 11.8 Å². The first kappa shape index (κ1) is 19.9. The lowest BCUT2D eigenvalue weighted by atomic mass is 10.1. The van der Waals surface area contributed by atoms with E-state index in [-0.39, 0.29) is 11.2 Å². The van der Waals surface area contributed by atoms with Gasteiger partial charge in [-0.1, -0.05) is 78.5 Å². The SMILES string of the molecule is C=CCN1C(=O)[C@H](Cc2ccccc2)S/C1=N\N=C/c1ccc(-c2ccccc2)o1. The van der Waals surface area contributed by atoms with Crippen molar-refractivity contribution in [1.82, 2.24) is 4.90 Å². The summed E-state index contributed by atoms with van der Waals surface area (Å²) >= 11 is 1.43. The van der Waals surface area contributed by atoms with Crippen LogP contribution in [-0.4, -0.2) is 34.0 Å². The minimum Gasteiger partial charge on any atom is -0.455 e. The summed E-state index contributed by atoms with van der Waals surface area (Å²) in [5, 5.41) is 8.81. The Labute approximate surface area is 179 Å². The molecule has 0 spiro atoms. The lowest BCUT2D eigenvalue weighted by molar-refractivity contribution is -0.125. The molecule has 4 rings (SSSR count). The van der Waals surface area contributed by atoms with Crippen molar-refractivity contribution in [1.29, 1.82) is 0 Å². The molecule has 2 heterocycles. The van der Waals surface area contributed by atoms with Gasteiger partial charge in [0.15, 0.2) is 5.17 Å². The minimum absolute atomic E-state index is 0.0297. The van der Waals surface area contributed by atoms with Gasteiger partial charge < -0.3 is 4.42 Å². The maximum absolute atomic E-state index is 12.8. The summed E-state index contributed by atoms with van der Waals surface area (Å²) < 4.78 is 5.81. The Balaban J connectivity index is 1.48. The Morgan fingerprint density at radius 1 is 1.03 bits per heavy atom. The first-order valence-electron chi connectivity index (χ1n) is 9.64. The fourth-order valence-corrected chi connectivity index (χ4v) is 4.30. The predicted octanol–water partition coefficient (Wildman–Crippen LogP) is 5.01. The summed E-state index contributed by atoms with van der Waals surface area (Å²) in [6, 6.07) is 23.6. The van der Waals surface area contributed by atoms with Crippen LogP contribution < -0.4 is 0 Å². The molecule has 0 aliphatic carbocycles. The number of benzene rings is 2. The molecule has 1 aromatic heterocycles. The first-order chi connectivity index (χ1) is 14.7.